The zero-order chi connectivity index (χ0) is 15.4. The third-order valence-electron chi connectivity index (χ3n) is 2.77. The molecular formula is C14H11ClN4OS. The van der Waals surface area contributed by atoms with Crippen molar-refractivity contribution in [3.05, 3.63) is 50.9 Å². The number of carbonyl (C=O) groups is 1. The molecule has 0 saturated carbocycles. The number of thiophene rings is 1. The summed E-state index contributed by atoms with van der Waals surface area (Å²) in [6.07, 6.45) is 1.46. The smallest absolute Gasteiger partial charge is 0.281 e. The fraction of sp³-hybridized carbons (Fsp3) is 0.0714. The van der Waals surface area contributed by atoms with Crippen LogP contribution in [0.15, 0.2) is 29.4 Å². The minimum atomic E-state index is -0.408. The predicted molar refractivity (Wildman–Crippen MR) is 84.7 cm³/mol. The highest BCUT2D eigenvalue weighted by Gasteiger charge is 2.18. The first-order chi connectivity index (χ1) is 10.0. The highest BCUT2D eigenvalue weighted by atomic mass is 35.5. The zero-order valence-corrected chi connectivity index (χ0v) is 12.6. The highest BCUT2D eigenvalue weighted by Crippen LogP contribution is 2.29. The van der Waals surface area contributed by atoms with Crippen molar-refractivity contribution in [2.75, 3.05) is 5.73 Å². The minimum absolute atomic E-state index is 0.329. The Labute approximate surface area is 130 Å². The van der Waals surface area contributed by atoms with Gasteiger partial charge in [-0.3, -0.25) is 4.79 Å². The molecule has 0 aliphatic heterocycles. The summed E-state index contributed by atoms with van der Waals surface area (Å²) < 4.78 is 0. The molecule has 7 heteroatoms. The van der Waals surface area contributed by atoms with E-state index in [-0.39, 0.29) is 0 Å². The van der Waals surface area contributed by atoms with Crippen molar-refractivity contribution in [2.45, 2.75) is 6.92 Å². The summed E-state index contributed by atoms with van der Waals surface area (Å²) >= 11 is 7.04. The van der Waals surface area contributed by atoms with Crippen LogP contribution in [-0.2, 0) is 0 Å². The van der Waals surface area contributed by atoms with Crippen molar-refractivity contribution in [2.24, 2.45) is 5.10 Å². The molecule has 5 nitrogen and oxygen atoms in total. The van der Waals surface area contributed by atoms with Gasteiger partial charge in [-0.05, 0) is 18.6 Å². The second kappa shape index (κ2) is 6.39. The molecule has 1 aromatic heterocycles. The fourth-order valence-electron chi connectivity index (χ4n) is 1.68. The van der Waals surface area contributed by atoms with Crippen LogP contribution in [-0.4, -0.2) is 12.1 Å². The Hall–Kier alpha value is -2.36. The number of nitrogens with two attached hydrogens (primary N) is 1. The Morgan fingerprint density at radius 3 is 2.86 bits per heavy atom. The van der Waals surface area contributed by atoms with Crippen LogP contribution in [0.4, 0.5) is 5.00 Å². The Balaban J connectivity index is 2.13. The number of rotatable bonds is 3. The van der Waals surface area contributed by atoms with E-state index in [9.17, 15) is 4.79 Å². The van der Waals surface area contributed by atoms with Crippen LogP contribution in [0.2, 0.25) is 5.02 Å². The molecule has 2 rings (SSSR count). The first kappa shape index (κ1) is 15.0. The van der Waals surface area contributed by atoms with Crippen LogP contribution in [0.3, 0.4) is 0 Å². The highest BCUT2D eigenvalue weighted by molar-refractivity contribution is 7.18. The van der Waals surface area contributed by atoms with E-state index in [1.165, 1.54) is 6.21 Å². The average Bonchev–Trinajstić information content (AvgIpc) is 2.75. The second-order valence-corrected chi connectivity index (χ2v) is 5.59. The molecule has 0 spiro atoms. The molecule has 1 amide bonds. The number of nitrogens with one attached hydrogen (secondary N) is 1. The summed E-state index contributed by atoms with van der Waals surface area (Å²) in [7, 11) is 0. The first-order valence-corrected chi connectivity index (χ1v) is 7.11. The van der Waals surface area contributed by atoms with E-state index in [0.717, 1.165) is 11.3 Å². The number of nitrogens with zero attached hydrogens (tertiary/aromatic N) is 2. The summed E-state index contributed by atoms with van der Waals surface area (Å²) in [6, 6.07) is 9.11. The Kier molecular flexibility index (Phi) is 4.58. The summed E-state index contributed by atoms with van der Waals surface area (Å²) in [5.74, 6) is -0.408. The molecule has 0 bridgehead atoms. The van der Waals surface area contributed by atoms with E-state index in [1.54, 1.807) is 25.1 Å². The van der Waals surface area contributed by atoms with Crippen LogP contribution < -0.4 is 11.2 Å². The van der Waals surface area contributed by atoms with Crippen LogP contribution >= 0.6 is 22.9 Å². The van der Waals surface area contributed by atoms with Crippen molar-refractivity contribution in [3.8, 4) is 6.07 Å². The van der Waals surface area contributed by atoms with Gasteiger partial charge in [0.05, 0.1) is 11.8 Å². The van der Waals surface area contributed by atoms with Crippen molar-refractivity contribution in [3.63, 3.8) is 0 Å². The van der Waals surface area contributed by atoms with Gasteiger partial charge in [-0.25, -0.2) is 5.43 Å². The first-order valence-electron chi connectivity index (χ1n) is 5.91. The van der Waals surface area contributed by atoms with Gasteiger partial charge in [0.1, 0.15) is 15.9 Å². The second-order valence-electron chi connectivity index (χ2n) is 4.13. The number of nitrogen functional groups attached to an aromatic ring is 1. The molecular weight excluding hydrogens is 308 g/mol. The van der Waals surface area contributed by atoms with E-state index in [2.05, 4.69) is 10.5 Å². The van der Waals surface area contributed by atoms with Gasteiger partial charge in [-0.15, -0.1) is 11.3 Å². The number of hydrogen-bond acceptors (Lipinski definition) is 5. The molecule has 0 radical (unpaired) electrons. The molecule has 0 atom stereocenters. The summed E-state index contributed by atoms with van der Waals surface area (Å²) in [4.78, 5) is 12.4. The SMILES string of the molecule is Cc1c(C(=O)NN=Cc2ccccc2Cl)sc(N)c1C#N. The number of carbonyl (C=O) groups excluding carboxylic acids is 1. The van der Waals surface area contributed by atoms with Crippen molar-refractivity contribution in [1.82, 2.24) is 5.43 Å². The Morgan fingerprint density at radius 2 is 2.24 bits per heavy atom. The van der Waals surface area contributed by atoms with Gasteiger partial charge in [-0.2, -0.15) is 10.4 Å². The number of benzene rings is 1. The van der Waals surface area contributed by atoms with Crippen LogP contribution in [0.1, 0.15) is 26.4 Å². The maximum atomic E-state index is 12.0. The minimum Gasteiger partial charge on any atom is -0.389 e. The lowest BCUT2D eigenvalue weighted by Crippen LogP contribution is -2.17. The van der Waals surface area contributed by atoms with E-state index >= 15 is 0 Å². The largest absolute Gasteiger partial charge is 0.389 e. The predicted octanol–water partition coefficient (Wildman–Crippen LogP) is 2.93. The topological polar surface area (TPSA) is 91.3 Å². The van der Waals surface area contributed by atoms with Crippen molar-refractivity contribution >= 4 is 40.1 Å². The third kappa shape index (κ3) is 3.21. The molecule has 106 valence electrons. The van der Waals surface area contributed by atoms with Crippen LogP contribution in [0.5, 0.6) is 0 Å². The summed E-state index contributed by atoms with van der Waals surface area (Å²) in [5.41, 5.74) is 9.68. The molecule has 3 N–H and O–H groups in total. The molecule has 0 aliphatic rings. The standard InChI is InChI=1S/C14H11ClN4OS/c1-8-10(6-16)13(17)21-12(8)14(20)19-18-7-9-4-2-3-5-11(9)15/h2-5,7H,17H2,1H3,(H,19,20). The monoisotopic (exact) mass is 318 g/mol. The molecule has 0 saturated heterocycles. The molecule has 1 aromatic carbocycles. The normalized spacial score (nSPS) is 10.5. The van der Waals surface area contributed by atoms with Gasteiger partial charge in [-0.1, -0.05) is 29.8 Å². The average molecular weight is 319 g/mol. The Bertz CT molecular complexity index is 761. The molecule has 2 aromatic rings. The lowest BCUT2D eigenvalue weighted by atomic mass is 10.2. The van der Waals surface area contributed by atoms with Crippen molar-refractivity contribution < 1.29 is 4.79 Å². The number of amides is 1. The Morgan fingerprint density at radius 1 is 1.52 bits per heavy atom. The van der Waals surface area contributed by atoms with Crippen LogP contribution in [0, 0.1) is 18.3 Å². The van der Waals surface area contributed by atoms with Gasteiger partial charge in [0.15, 0.2) is 0 Å². The van der Waals surface area contributed by atoms with E-state index in [4.69, 9.17) is 22.6 Å². The molecule has 0 fully saturated rings. The van der Waals surface area contributed by atoms with E-state index in [0.29, 0.717) is 31.6 Å². The van der Waals surface area contributed by atoms with Gasteiger partial charge >= 0.3 is 0 Å². The van der Waals surface area contributed by atoms with Crippen LogP contribution in [0.25, 0.3) is 0 Å². The van der Waals surface area contributed by atoms with Gasteiger partial charge in [0.2, 0.25) is 0 Å². The van der Waals surface area contributed by atoms with Gasteiger partial charge in [0.25, 0.3) is 5.91 Å². The molecule has 0 aliphatic carbocycles. The van der Waals surface area contributed by atoms with Gasteiger partial charge in [0, 0.05) is 10.6 Å². The zero-order valence-electron chi connectivity index (χ0n) is 11.1. The quantitative estimate of drug-likeness (QED) is 0.673. The van der Waals surface area contributed by atoms with Gasteiger partial charge < -0.3 is 5.73 Å². The van der Waals surface area contributed by atoms with Crippen molar-refractivity contribution in [1.29, 1.82) is 5.26 Å². The molecule has 1 heterocycles. The molecule has 0 unspecified atom stereocenters. The number of anilines is 1. The lowest BCUT2D eigenvalue weighted by Gasteiger charge is -1.99. The lowest BCUT2D eigenvalue weighted by molar-refractivity contribution is 0.0958. The van der Waals surface area contributed by atoms with E-state index < -0.39 is 5.91 Å². The maximum absolute atomic E-state index is 12.0. The molecule has 21 heavy (non-hydrogen) atoms. The summed E-state index contributed by atoms with van der Waals surface area (Å²) in [6.45, 7) is 1.68. The number of hydrogen-bond donors (Lipinski definition) is 2. The summed E-state index contributed by atoms with van der Waals surface area (Å²) in [5, 5.41) is 13.7. The van der Waals surface area contributed by atoms with E-state index in [1.807, 2.05) is 12.1 Å². The maximum Gasteiger partial charge on any atom is 0.281 e. The number of halogens is 1. The number of nitriles is 1. The number of hydrazone groups is 1. The fourth-order valence-corrected chi connectivity index (χ4v) is 2.78. The third-order valence-corrected chi connectivity index (χ3v) is 4.23.